The summed E-state index contributed by atoms with van der Waals surface area (Å²) in [5.74, 6) is -2.14. The average Bonchev–Trinajstić information content (AvgIpc) is 3.11. The van der Waals surface area contributed by atoms with Crippen molar-refractivity contribution in [1.29, 1.82) is 0 Å². The second kappa shape index (κ2) is 9.61. The third-order valence-electron chi connectivity index (χ3n) is 7.78. The van der Waals surface area contributed by atoms with Crippen molar-refractivity contribution in [2.45, 2.75) is 78.6 Å². The topological polar surface area (TPSA) is 88.1 Å². The number of Topliss-reactive ketones (excluding diaryl/α,β-unsaturated/α-hetero) is 1. The van der Waals surface area contributed by atoms with Gasteiger partial charge in [0.2, 0.25) is 5.76 Å². The van der Waals surface area contributed by atoms with Crippen molar-refractivity contribution in [3.05, 3.63) is 23.0 Å². The molecule has 0 spiro atoms. The number of carbonyl (C=O) groups excluding carboxylic acids is 3. The first-order valence-corrected chi connectivity index (χ1v) is 11.9. The maximum absolute atomic E-state index is 13.6. The number of methoxy groups -OCH3 is 2. The van der Waals surface area contributed by atoms with Gasteiger partial charge in [0.05, 0.1) is 38.3 Å². The molecule has 33 heavy (non-hydrogen) atoms. The highest BCUT2D eigenvalue weighted by molar-refractivity contribution is 5.90. The van der Waals surface area contributed by atoms with Crippen LogP contribution < -0.4 is 0 Å². The first kappa shape index (κ1) is 25.5. The number of rotatable bonds is 3. The van der Waals surface area contributed by atoms with E-state index in [0.717, 1.165) is 11.1 Å². The number of ether oxygens (including phenoxy) is 4. The van der Waals surface area contributed by atoms with E-state index in [4.69, 9.17) is 18.9 Å². The lowest BCUT2D eigenvalue weighted by Gasteiger charge is -2.43. The van der Waals surface area contributed by atoms with Crippen molar-refractivity contribution >= 4 is 17.7 Å². The van der Waals surface area contributed by atoms with Gasteiger partial charge in [0, 0.05) is 11.8 Å². The zero-order chi connectivity index (χ0) is 24.7. The number of carbonyl (C=O) groups is 3. The molecule has 1 aliphatic carbocycles. The van der Waals surface area contributed by atoms with E-state index in [1.165, 1.54) is 14.2 Å². The summed E-state index contributed by atoms with van der Waals surface area (Å²) in [6.07, 6.45) is 2.86. The molecule has 2 heterocycles. The lowest BCUT2D eigenvalue weighted by molar-refractivity contribution is -0.167. The Labute approximate surface area is 196 Å². The molecule has 0 aromatic heterocycles. The molecule has 0 aromatic carbocycles. The van der Waals surface area contributed by atoms with Crippen molar-refractivity contribution in [2.75, 3.05) is 14.2 Å². The SMILES string of the molecule is COC(=O)[C@@H]1[C@@H]2C(=O)[C@H](C)CC[C@@]3(C)OC(=O)C(OC)=C(C(C)C)[C@@H]3C/C=C(/C)[C@H]2O[C@H]1C. The van der Waals surface area contributed by atoms with Crippen LogP contribution in [0.15, 0.2) is 23.0 Å². The highest BCUT2D eigenvalue weighted by Gasteiger charge is 2.53. The number of fused-ring (bicyclic) bond motifs is 2. The summed E-state index contributed by atoms with van der Waals surface area (Å²) in [5, 5.41) is 0. The summed E-state index contributed by atoms with van der Waals surface area (Å²) in [7, 11) is 2.84. The van der Waals surface area contributed by atoms with Gasteiger partial charge in [-0.1, -0.05) is 26.8 Å². The molecule has 3 aliphatic rings. The van der Waals surface area contributed by atoms with Crippen LogP contribution in [0.3, 0.4) is 0 Å². The van der Waals surface area contributed by atoms with E-state index in [9.17, 15) is 14.4 Å². The normalized spacial score (nSPS) is 39.1. The van der Waals surface area contributed by atoms with Crippen molar-refractivity contribution in [3.63, 3.8) is 0 Å². The van der Waals surface area contributed by atoms with Gasteiger partial charge in [-0.3, -0.25) is 9.59 Å². The fraction of sp³-hybridized carbons (Fsp3) is 0.731. The number of esters is 2. The molecule has 1 saturated heterocycles. The zero-order valence-electron chi connectivity index (χ0n) is 21.1. The van der Waals surface area contributed by atoms with E-state index in [1.807, 2.05) is 27.7 Å². The zero-order valence-corrected chi connectivity index (χ0v) is 21.1. The number of hydrogen-bond donors (Lipinski definition) is 0. The smallest absolute Gasteiger partial charge is 0.374 e. The predicted octanol–water partition coefficient (Wildman–Crippen LogP) is 4.00. The molecule has 1 fully saturated rings. The highest BCUT2D eigenvalue weighted by Crippen LogP contribution is 2.47. The monoisotopic (exact) mass is 462 g/mol. The molecule has 0 N–H and O–H groups in total. The summed E-state index contributed by atoms with van der Waals surface area (Å²) < 4.78 is 22.7. The first-order valence-electron chi connectivity index (χ1n) is 11.9. The van der Waals surface area contributed by atoms with Gasteiger partial charge >= 0.3 is 11.9 Å². The van der Waals surface area contributed by atoms with Gasteiger partial charge in [-0.15, -0.1) is 0 Å². The maximum atomic E-state index is 13.6. The Hall–Kier alpha value is -2.15. The van der Waals surface area contributed by atoms with Gasteiger partial charge in [-0.05, 0) is 57.1 Å². The van der Waals surface area contributed by atoms with E-state index in [-0.39, 0.29) is 29.3 Å². The van der Waals surface area contributed by atoms with Gasteiger partial charge in [-0.2, -0.15) is 0 Å². The Kier molecular flexibility index (Phi) is 7.42. The van der Waals surface area contributed by atoms with Gasteiger partial charge in [0.25, 0.3) is 0 Å². The van der Waals surface area contributed by atoms with Crippen LogP contribution in [0.5, 0.6) is 0 Å². The number of allylic oxidation sites excluding steroid dienone is 1. The summed E-state index contributed by atoms with van der Waals surface area (Å²) in [5.41, 5.74) is 1.09. The molecule has 0 aromatic rings. The van der Waals surface area contributed by atoms with Gasteiger partial charge in [0.15, 0.2) is 0 Å². The van der Waals surface area contributed by atoms with Crippen LogP contribution in [0.25, 0.3) is 0 Å². The fourth-order valence-corrected chi connectivity index (χ4v) is 5.87. The number of ketones is 1. The van der Waals surface area contributed by atoms with E-state index in [0.29, 0.717) is 19.3 Å². The third kappa shape index (κ3) is 4.48. The molecule has 3 rings (SSSR count). The van der Waals surface area contributed by atoms with Crippen LogP contribution in [0.2, 0.25) is 0 Å². The van der Waals surface area contributed by atoms with Gasteiger partial charge in [-0.25, -0.2) is 4.79 Å². The van der Waals surface area contributed by atoms with Crippen LogP contribution in [0.4, 0.5) is 0 Å². The molecule has 0 unspecified atom stereocenters. The lowest BCUT2D eigenvalue weighted by atomic mass is 9.71. The molecule has 0 saturated carbocycles. The summed E-state index contributed by atoms with van der Waals surface area (Å²) in [6, 6.07) is 0. The van der Waals surface area contributed by atoms with E-state index < -0.39 is 41.6 Å². The summed E-state index contributed by atoms with van der Waals surface area (Å²) >= 11 is 0. The molecule has 7 heteroatoms. The molecule has 7 atom stereocenters. The van der Waals surface area contributed by atoms with Crippen LogP contribution >= 0.6 is 0 Å². The van der Waals surface area contributed by atoms with Crippen molar-refractivity contribution in [2.24, 2.45) is 29.6 Å². The maximum Gasteiger partial charge on any atom is 0.374 e. The van der Waals surface area contributed by atoms with E-state index >= 15 is 0 Å². The minimum atomic E-state index is -0.764. The van der Waals surface area contributed by atoms with Crippen molar-refractivity contribution in [1.82, 2.24) is 0 Å². The Morgan fingerprint density at radius 2 is 1.88 bits per heavy atom. The fourth-order valence-electron chi connectivity index (χ4n) is 5.87. The molecule has 2 aliphatic heterocycles. The summed E-state index contributed by atoms with van der Waals surface area (Å²) in [4.78, 5) is 39.0. The van der Waals surface area contributed by atoms with Gasteiger partial charge in [0.1, 0.15) is 11.4 Å². The minimum Gasteiger partial charge on any atom is -0.490 e. The third-order valence-corrected chi connectivity index (χ3v) is 7.78. The summed E-state index contributed by atoms with van der Waals surface area (Å²) in [6.45, 7) is 11.7. The molecule has 0 bridgehead atoms. The standard InChI is InChI=1S/C26H38O7/c1-13(2)18-17-10-9-15(4)22-20(19(16(5)32-22)24(28)31-8)21(27)14(3)11-12-26(17,6)33-25(29)23(18)30-7/h9,13-14,16-17,19-20,22H,10-12H2,1-8H3/b15-9-/t14-,16+,17+,19+,20-,22-,26-/m1/s1. The average molecular weight is 463 g/mol. The molecule has 0 amide bonds. The largest absolute Gasteiger partial charge is 0.490 e. The second-order valence-electron chi connectivity index (χ2n) is 10.3. The van der Waals surface area contributed by atoms with Gasteiger partial charge < -0.3 is 18.9 Å². The quantitative estimate of drug-likeness (QED) is 0.463. The lowest BCUT2D eigenvalue weighted by Crippen LogP contribution is -2.47. The molecule has 0 radical (unpaired) electrons. The van der Waals surface area contributed by atoms with E-state index in [2.05, 4.69) is 19.9 Å². The Morgan fingerprint density at radius 3 is 2.45 bits per heavy atom. The van der Waals surface area contributed by atoms with E-state index in [1.54, 1.807) is 0 Å². The van der Waals surface area contributed by atoms with Crippen LogP contribution in [0, 0.1) is 29.6 Å². The number of hydrogen-bond acceptors (Lipinski definition) is 7. The minimum absolute atomic E-state index is 0.00566. The van der Waals surface area contributed by atoms with Crippen molar-refractivity contribution in [3.8, 4) is 0 Å². The Morgan fingerprint density at radius 1 is 1.21 bits per heavy atom. The molecule has 184 valence electrons. The second-order valence-corrected chi connectivity index (χ2v) is 10.3. The van der Waals surface area contributed by atoms with Crippen LogP contribution in [0.1, 0.15) is 60.8 Å². The Balaban J connectivity index is 2.10. The Bertz CT molecular complexity index is 870. The highest BCUT2D eigenvalue weighted by atomic mass is 16.6. The molecule has 7 nitrogen and oxygen atoms in total. The molecular weight excluding hydrogens is 424 g/mol. The first-order chi connectivity index (χ1) is 15.5. The molecular formula is C26H38O7. The predicted molar refractivity (Wildman–Crippen MR) is 122 cm³/mol. The van der Waals surface area contributed by atoms with Crippen LogP contribution in [-0.4, -0.2) is 49.8 Å². The van der Waals surface area contributed by atoms with Crippen molar-refractivity contribution < 1.29 is 33.3 Å². The van der Waals surface area contributed by atoms with Crippen LogP contribution in [-0.2, 0) is 33.3 Å².